The van der Waals surface area contributed by atoms with E-state index in [9.17, 15) is 4.79 Å². The normalized spacial score (nSPS) is 13.4. The van der Waals surface area contributed by atoms with Crippen LogP contribution in [0.5, 0.6) is 5.75 Å². The molecule has 1 aliphatic rings. The molecule has 1 N–H and O–H groups in total. The summed E-state index contributed by atoms with van der Waals surface area (Å²) in [7, 11) is 0. The zero-order valence-electron chi connectivity index (χ0n) is 16.9. The molecule has 1 aliphatic carbocycles. The Balaban J connectivity index is 1.60. The Morgan fingerprint density at radius 3 is 2.74 bits per heavy atom. The van der Waals surface area contributed by atoms with Gasteiger partial charge in [-0.15, -0.1) is 0 Å². The van der Waals surface area contributed by atoms with Gasteiger partial charge in [-0.2, -0.15) is 0 Å². The molecular weight excluding hydrogens is 414 g/mol. The average Bonchev–Trinajstić information content (AvgIpc) is 3.55. The number of rotatable bonds is 6. The van der Waals surface area contributed by atoms with Crippen LogP contribution in [0.4, 0.5) is 5.69 Å². The van der Waals surface area contributed by atoms with Crippen molar-refractivity contribution in [3.63, 3.8) is 0 Å². The number of halogens is 1. The van der Waals surface area contributed by atoms with Crippen LogP contribution in [0.25, 0.3) is 22.4 Å². The highest BCUT2D eigenvalue weighted by Crippen LogP contribution is 2.41. The predicted molar refractivity (Wildman–Crippen MR) is 120 cm³/mol. The largest absolute Gasteiger partial charge is 0.494 e. The Morgan fingerprint density at radius 1 is 1.19 bits per heavy atom. The number of hydrogen-bond donors (Lipinski definition) is 1. The van der Waals surface area contributed by atoms with E-state index >= 15 is 0 Å². The molecule has 0 aliphatic heterocycles. The number of carbonyl (C=O) groups is 1. The lowest BCUT2D eigenvalue weighted by molar-refractivity contribution is 0.102. The number of ether oxygens (including phenoxy) is 1. The highest BCUT2D eigenvalue weighted by Gasteiger charge is 2.29. The fraction of sp³-hybridized carbons (Fsp3) is 0.208. The van der Waals surface area contributed by atoms with Crippen molar-refractivity contribution in [3.8, 4) is 17.0 Å². The maximum atomic E-state index is 13.4. The average molecular weight is 434 g/mol. The first kappa shape index (κ1) is 19.6. The van der Waals surface area contributed by atoms with Gasteiger partial charge in [0.1, 0.15) is 11.4 Å². The van der Waals surface area contributed by atoms with E-state index in [2.05, 4.69) is 15.5 Å². The van der Waals surface area contributed by atoms with Gasteiger partial charge in [0.05, 0.1) is 28.3 Å². The van der Waals surface area contributed by atoms with Gasteiger partial charge in [-0.3, -0.25) is 4.79 Å². The number of anilines is 1. The maximum Gasteiger partial charge on any atom is 0.259 e. The Kier molecular flexibility index (Phi) is 5.08. The SMILES string of the molecule is CCOc1ccc(Cl)c(NC(=O)c2cc(C3CC3)nc3onc(-c4ccccc4)c23)c1. The van der Waals surface area contributed by atoms with Crippen LogP contribution in [0.3, 0.4) is 0 Å². The monoisotopic (exact) mass is 433 g/mol. The summed E-state index contributed by atoms with van der Waals surface area (Å²) in [5, 5.41) is 8.17. The fourth-order valence-corrected chi connectivity index (χ4v) is 3.74. The molecule has 2 aromatic heterocycles. The zero-order valence-corrected chi connectivity index (χ0v) is 17.6. The van der Waals surface area contributed by atoms with Crippen molar-refractivity contribution >= 4 is 34.3 Å². The first-order valence-electron chi connectivity index (χ1n) is 10.2. The van der Waals surface area contributed by atoms with Gasteiger partial charge < -0.3 is 14.6 Å². The minimum absolute atomic E-state index is 0.301. The maximum absolute atomic E-state index is 13.4. The molecule has 4 aromatic rings. The number of pyridine rings is 1. The zero-order chi connectivity index (χ0) is 21.4. The van der Waals surface area contributed by atoms with E-state index in [1.807, 2.05) is 43.3 Å². The second-order valence-electron chi connectivity index (χ2n) is 7.48. The van der Waals surface area contributed by atoms with Crippen LogP contribution in [-0.4, -0.2) is 22.7 Å². The van der Waals surface area contributed by atoms with Crippen molar-refractivity contribution < 1.29 is 14.1 Å². The van der Waals surface area contributed by atoms with Crippen LogP contribution in [0.2, 0.25) is 5.02 Å². The summed E-state index contributed by atoms with van der Waals surface area (Å²) in [6.07, 6.45) is 2.11. The molecule has 0 spiro atoms. The summed E-state index contributed by atoms with van der Waals surface area (Å²) >= 11 is 6.33. The molecule has 0 unspecified atom stereocenters. The molecular formula is C24H20ClN3O3. The molecule has 2 heterocycles. The molecule has 0 radical (unpaired) electrons. The number of fused-ring (bicyclic) bond motifs is 1. The number of amides is 1. The lowest BCUT2D eigenvalue weighted by Crippen LogP contribution is -2.14. The number of benzene rings is 2. The summed E-state index contributed by atoms with van der Waals surface area (Å²) in [5.41, 5.74) is 3.60. The molecule has 7 heteroatoms. The number of aromatic nitrogens is 2. The van der Waals surface area contributed by atoms with Gasteiger partial charge in [-0.05, 0) is 38.0 Å². The molecule has 0 saturated heterocycles. The summed E-state index contributed by atoms with van der Waals surface area (Å²) in [6.45, 7) is 2.42. The van der Waals surface area contributed by atoms with Crippen molar-refractivity contribution in [2.75, 3.05) is 11.9 Å². The van der Waals surface area contributed by atoms with Crippen molar-refractivity contribution in [2.45, 2.75) is 25.7 Å². The van der Waals surface area contributed by atoms with Crippen molar-refractivity contribution in [1.82, 2.24) is 10.1 Å². The third kappa shape index (κ3) is 3.86. The molecule has 2 aromatic carbocycles. The van der Waals surface area contributed by atoms with Gasteiger partial charge in [0.25, 0.3) is 11.6 Å². The molecule has 1 amide bonds. The van der Waals surface area contributed by atoms with Crippen LogP contribution in [-0.2, 0) is 0 Å². The van der Waals surface area contributed by atoms with E-state index in [1.165, 1.54) is 0 Å². The highest BCUT2D eigenvalue weighted by molar-refractivity contribution is 6.34. The smallest absolute Gasteiger partial charge is 0.259 e. The van der Waals surface area contributed by atoms with E-state index < -0.39 is 0 Å². The second kappa shape index (κ2) is 8.04. The summed E-state index contributed by atoms with van der Waals surface area (Å²) in [4.78, 5) is 18.1. The van der Waals surface area contributed by atoms with E-state index in [1.54, 1.807) is 18.2 Å². The Morgan fingerprint density at radius 2 is 2.00 bits per heavy atom. The summed E-state index contributed by atoms with van der Waals surface area (Å²) in [5.74, 6) is 0.687. The topological polar surface area (TPSA) is 77.2 Å². The van der Waals surface area contributed by atoms with Crippen LogP contribution >= 0.6 is 11.6 Å². The summed E-state index contributed by atoms with van der Waals surface area (Å²) < 4.78 is 11.1. The molecule has 0 bridgehead atoms. The molecule has 1 fully saturated rings. The molecule has 31 heavy (non-hydrogen) atoms. The van der Waals surface area contributed by atoms with Gasteiger partial charge in [0, 0.05) is 23.2 Å². The van der Waals surface area contributed by atoms with Gasteiger partial charge in [-0.25, -0.2) is 4.98 Å². The molecule has 156 valence electrons. The first-order chi connectivity index (χ1) is 15.1. The first-order valence-corrected chi connectivity index (χ1v) is 10.6. The highest BCUT2D eigenvalue weighted by atomic mass is 35.5. The third-order valence-electron chi connectivity index (χ3n) is 5.25. The third-order valence-corrected chi connectivity index (χ3v) is 5.58. The van der Waals surface area contributed by atoms with Crippen LogP contribution < -0.4 is 10.1 Å². The molecule has 0 atom stereocenters. The van der Waals surface area contributed by atoms with Crippen molar-refractivity contribution in [2.24, 2.45) is 0 Å². The molecule has 5 rings (SSSR count). The number of carbonyl (C=O) groups excluding carboxylic acids is 1. The van der Waals surface area contributed by atoms with Crippen LogP contribution in [0.15, 0.2) is 59.1 Å². The lowest BCUT2D eigenvalue weighted by Gasteiger charge is -2.11. The van der Waals surface area contributed by atoms with Gasteiger partial charge in [0.15, 0.2) is 0 Å². The quantitative estimate of drug-likeness (QED) is 0.399. The van der Waals surface area contributed by atoms with Gasteiger partial charge in [-0.1, -0.05) is 47.1 Å². The van der Waals surface area contributed by atoms with Gasteiger partial charge >= 0.3 is 0 Å². The van der Waals surface area contributed by atoms with Crippen molar-refractivity contribution in [3.05, 3.63) is 70.9 Å². The minimum atomic E-state index is -0.301. The number of hydrogen-bond acceptors (Lipinski definition) is 5. The number of nitrogens with one attached hydrogen (secondary N) is 1. The van der Waals surface area contributed by atoms with Gasteiger partial charge in [0.2, 0.25) is 0 Å². The lowest BCUT2D eigenvalue weighted by atomic mass is 10.0. The van der Waals surface area contributed by atoms with E-state index in [0.29, 0.717) is 51.3 Å². The minimum Gasteiger partial charge on any atom is -0.494 e. The Bertz CT molecular complexity index is 1270. The van der Waals surface area contributed by atoms with E-state index in [0.717, 1.165) is 24.1 Å². The van der Waals surface area contributed by atoms with Crippen LogP contribution in [0, 0.1) is 0 Å². The van der Waals surface area contributed by atoms with E-state index in [-0.39, 0.29) is 5.91 Å². The number of nitrogens with zero attached hydrogens (tertiary/aromatic N) is 2. The molecule has 1 saturated carbocycles. The van der Waals surface area contributed by atoms with Crippen LogP contribution in [0.1, 0.15) is 41.7 Å². The second-order valence-corrected chi connectivity index (χ2v) is 7.88. The molecule has 6 nitrogen and oxygen atoms in total. The Labute approximate surface area is 184 Å². The summed E-state index contributed by atoms with van der Waals surface area (Å²) in [6, 6.07) is 16.7. The predicted octanol–water partition coefficient (Wildman–Crippen LogP) is 6.07. The Hall–Kier alpha value is -3.38. The van der Waals surface area contributed by atoms with Crippen molar-refractivity contribution in [1.29, 1.82) is 0 Å². The standard InChI is InChI=1S/C24H20ClN3O3/c1-2-30-16-10-11-18(25)20(12-16)26-23(29)17-13-19(14-8-9-14)27-24-21(17)22(28-31-24)15-6-4-3-5-7-15/h3-7,10-14H,2,8-9H2,1H3,(H,26,29). The van der Waals surface area contributed by atoms with E-state index in [4.69, 9.17) is 20.9 Å². The fourth-order valence-electron chi connectivity index (χ4n) is 3.58.